The first-order chi connectivity index (χ1) is 10.2. The van der Waals surface area contributed by atoms with Gasteiger partial charge in [0, 0.05) is 25.0 Å². The van der Waals surface area contributed by atoms with E-state index >= 15 is 0 Å². The van der Waals surface area contributed by atoms with Gasteiger partial charge in [0.05, 0.1) is 0 Å². The number of fused-ring (bicyclic) bond motifs is 2. The summed E-state index contributed by atoms with van der Waals surface area (Å²) in [5, 5.41) is 3.35. The van der Waals surface area contributed by atoms with Gasteiger partial charge in [0.1, 0.15) is 0 Å². The van der Waals surface area contributed by atoms with Crippen LogP contribution >= 0.6 is 12.4 Å². The number of rotatable bonds is 3. The number of amides is 1. The zero-order chi connectivity index (χ0) is 14.8. The van der Waals surface area contributed by atoms with Crippen LogP contribution in [0.2, 0.25) is 0 Å². The molecule has 0 aliphatic carbocycles. The van der Waals surface area contributed by atoms with Crippen molar-refractivity contribution >= 4 is 18.3 Å². The van der Waals surface area contributed by atoms with Crippen molar-refractivity contribution in [2.45, 2.75) is 44.2 Å². The van der Waals surface area contributed by atoms with Crippen LogP contribution in [-0.4, -0.2) is 36.0 Å². The summed E-state index contributed by atoms with van der Waals surface area (Å²) in [6, 6.07) is 4.71. The minimum Gasteiger partial charge on any atom is -0.335 e. The Hall–Kier alpha value is -1.20. The summed E-state index contributed by atoms with van der Waals surface area (Å²) in [5.41, 5.74) is 0.281. The van der Waals surface area contributed by atoms with Crippen molar-refractivity contribution in [3.05, 3.63) is 35.4 Å². The number of benzene rings is 1. The number of aryl methyl sites for hydroxylation is 1. The van der Waals surface area contributed by atoms with Gasteiger partial charge in [-0.3, -0.25) is 4.79 Å². The molecule has 2 aliphatic heterocycles. The molecule has 2 aliphatic rings. The van der Waals surface area contributed by atoms with E-state index in [1.807, 2.05) is 4.90 Å². The first-order valence-corrected chi connectivity index (χ1v) is 7.61. The van der Waals surface area contributed by atoms with E-state index in [9.17, 15) is 13.6 Å². The smallest absolute Gasteiger partial charge is 0.223 e. The number of halogens is 3. The Kier molecular flexibility index (Phi) is 5.75. The van der Waals surface area contributed by atoms with Crippen molar-refractivity contribution in [1.82, 2.24) is 10.2 Å². The van der Waals surface area contributed by atoms with Crippen LogP contribution in [0.1, 0.15) is 31.2 Å². The summed E-state index contributed by atoms with van der Waals surface area (Å²) in [6.07, 6.45) is 3.58. The minimum atomic E-state index is -0.848. The van der Waals surface area contributed by atoms with Crippen LogP contribution in [-0.2, 0) is 11.2 Å². The predicted octanol–water partition coefficient (Wildman–Crippen LogP) is 2.67. The SMILES string of the molecule is Cl.O=C(CCc1cccc(F)c1F)N1C2CCNCC1CC2. The number of nitrogens with one attached hydrogen (secondary N) is 1. The first kappa shape index (κ1) is 17.2. The highest BCUT2D eigenvalue weighted by molar-refractivity contribution is 5.85. The van der Waals surface area contributed by atoms with E-state index in [0.717, 1.165) is 38.4 Å². The van der Waals surface area contributed by atoms with Crippen molar-refractivity contribution in [3.63, 3.8) is 0 Å². The molecule has 2 fully saturated rings. The van der Waals surface area contributed by atoms with Crippen LogP contribution < -0.4 is 5.32 Å². The zero-order valence-corrected chi connectivity index (χ0v) is 13.2. The van der Waals surface area contributed by atoms with Gasteiger partial charge in [-0.1, -0.05) is 12.1 Å². The summed E-state index contributed by atoms with van der Waals surface area (Å²) < 4.78 is 26.8. The maximum Gasteiger partial charge on any atom is 0.223 e. The van der Waals surface area contributed by atoms with Crippen LogP contribution in [0.4, 0.5) is 8.78 Å². The molecule has 1 amide bonds. The van der Waals surface area contributed by atoms with Crippen molar-refractivity contribution in [2.75, 3.05) is 13.1 Å². The molecule has 3 nitrogen and oxygen atoms in total. The van der Waals surface area contributed by atoms with Gasteiger partial charge in [-0.2, -0.15) is 0 Å². The van der Waals surface area contributed by atoms with Gasteiger partial charge in [0.15, 0.2) is 11.6 Å². The van der Waals surface area contributed by atoms with E-state index in [-0.39, 0.29) is 42.8 Å². The quantitative estimate of drug-likeness (QED) is 0.924. The molecule has 1 aromatic carbocycles. The van der Waals surface area contributed by atoms with Crippen LogP contribution in [0.15, 0.2) is 18.2 Å². The molecule has 2 heterocycles. The summed E-state index contributed by atoms with van der Waals surface area (Å²) in [6.45, 7) is 1.79. The second kappa shape index (κ2) is 7.38. The summed E-state index contributed by atoms with van der Waals surface area (Å²) >= 11 is 0. The molecule has 6 heteroatoms. The lowest BCUT2D eigenvalue weighted by atomic mass is 10.1. The number of carbonyl (C=O) groups is 1. The average molecular weight is 331 g/mol. The normalized spacial score (nSPS) is 23.8. The molecule has 2 bridgehead atoms. The molecular weight excluding hydrogens is 310 g/mol. The summed E-state index contributed by atoms with van der Waals surface area (Å²) in [7, 11) is 0. The molecule has 0 saturated carbocycles. The first-order valence-electron chi connectivity index (χ1n) is 7.61. The lowest BCUT2D eigenvalue weighted by Gasteiger charge is -2.28. The maximum absolute atomic E-state index is 13.6. The van der Waals surface area contributed by atoms with Crippen molar-refractivity contribution in [2.24, 2.45) is 0 Å². The molecule has 0 radical (unpaired) electrons. The molecular formula is C16H21ClF2N2O. The van der Waals surface area contributed by atoms with Gasteiger partial charge in [0.25, 0.3) is 0 Å². The second-order valence-electron chi connectivity index (χ2n) is 5.89. The van der Waals surface area contributed by atoms with Gasteiger partial charge >= 0.3 is 0 Å². The number of carbonyl (C=O) groups excluding carboxylic acids is 1. The highest BCUT2D eigenvalue weighted by Crippen LogP contribution is 2.29. The number of nitrogens with zero attached hydrogens (tertiary/aromatic N) is 1. The third-order valence-electron chi connectivity index (χ3n) is 4.58. The largest absolute Gasteiger partial charge is 0.335 e. The number of hydrogen-bond acceptors (Lipinski definition) is 2. The third kappa shape index (κ3) is 3.41. The Bertz CT molecular complexity index is 527. The molecule has 22 heavy (non-hydrogen) atoms. The Morgan fingerprint density at radius 3 is 2.82 bits per heavy atom. The molecule has 1 aromatic rings. The highest BCUT2D eigenvalue weighted by Gasteiger charge is 2.37. The highest BCUT2D eigenvalue weighted by atomic mass is 35.5. The van der Waals surface area contributed by atoms with E-state index in [4.69, 9.17) is 0 Å². The zero-order valence-electron chi connectivity index (χ0n) is 12.4. The standard InChI is InChI=1S/C16H20F2N2O.ClH/c17-14-3-1-2-11(16(14)18)4-7-15(21)20-12-5-6-13(20)10-19-9-8-12;/h1-3,12-13,19H,4-10H2;1H. The van der Waals surface area contributed by atoms with Gasteiger partial charge in [-0.05, 0) is 43.9 Å². The fourth-order valence-electron chi connectivity index (χ4n) is 3.50. The molecule has 0 aromatic heterocycles. The maximum atomic E-state index is 13.6. The molecule has 0 spiro atoms. The van der Waals surface area contributed by atoms with E-state index in [1.165, 1.54) is 6.07 Å². The molecule has 3 rings (SSSR count). The third-order valence-corrected chi connectivity index (χ3v) is 4.58. The van der Waals surface area contributed by atoms with E-state index in [0.29, 0.717) is 6.04 Å². The van der Waals surface area contributed by atoms with Crippen molar-refractivity contribution in [3.8, 4) is 0 Å². The minimum absolute atomic E-state index is 0. The van der Waals surface area contributed by atoms with Gasteiger partial charge in [0.2, 0.25) is 5.91 Å². The van der Waals surface area contributed by atoms with Gasteiger partial charge in [-0.15, -0.1) is 12.4 Å². The lowest BCUT2D eigenvalue weighted by Crippen LogP contribution is -2.42. The monoisotopic (exact) mass is 330 g/mol. The lowest BCUT2D eigenvalue weighted by molar-refractivity contribution is -0.133. The Labute approximate surface area is 135 Å². The van der Waals surface area contributed by atoms with Crippen LogP contribution in [0.25, 0.3) is 0 Å². The van der Waals surface area contributed by atoms with Crippen LogP contribution in [0.5, 0.6) is 0 Å². The van der Waals surface area contributed by atoms with Crippen molar-refractivity contribution < 1.29 is 13.6 Å². The molecule has 2 atom stereocenters. The van der Waals surface area contributed by atoms with Crippen molar-refractivity contribution in [1.29, 1.82) is 0 Å². The predicted molar refractivity (Wildman–Crippen MR) is 83.1 cm³/mol. The van der Waals surface area contributed by atoms with Crippen LogP contribution in [0.3, 0.4) is 0 Å². The Morgan fingerprint density at radius 1 is 1.23 bits per heavy atom. The molecule has 2 unspecified atom stereocenters. The van der Waals surface area contributed by atoms with E-state index in [2.05, 4.69) is 5.32 Å². The van der Waals surface area contributed by atoms with Crippen LogP contribution in [0, 0.1) is 11.6 Å². The van der Waals surface area contributed by atoms with E-state index < -0.39 is 11.6 Å². The Morgan fingerprint density at radius 2 is 2.00 bits per heavy atom. The van der Waals surface area contributed by atoms with Gasteiger partial charge < -0.3 is 10.2 Å². The fraction of sp³-hybridized carbons (Fsp3) is 0.562. The second-order valence-corrected chi connectivity index (χ2v) is 5.89. The van der Waals surface area contributed by atoms with E-state index in [1.54, 1.807) is 6.07 Å². The average Bonchev–Trinajstić information content (AvgIpc) is 2.73. The molecule has 1 N–H and O–H groups in total. The molecule has 122 valence electrons. The Balaban J connectivity index is 0.00000176. The number of hydrogen-bond donors (Lipinski definition) is 1. The molecule has 2 saturated heterocycles. The van der Waals surface area contributed by atoms with Gasteiger partial charge in [-0.25, -0.2) is 8.78 Å². The topological polar surface area (TPSA) is 32.3 Å². The fourth-order valence-corrected chi connectivity index (χ4v) is 3.50. The summed E-state index contributed by atoms with van der Waals surface area (Å²) in [5.74, 6) is -1.61. The summed E-state index contributed by atoms with van der Waals surface area (Å²) in [4.78, 5) is 14.4.